The number of likely N-dealkylation sites (N-methyl/N-ethyl adjacent to an activating group) is 1. The minimum absolute atomic E-state index is 0.0645. The van der Waals surface area contributed by atoms with Crippen molar-refractivity contribution < 1.29 is 13.9 Å². The summed E-state index contributed by atoms with van der Waals surface area (Å²) in [6.07, 6.45) is -1.11. The van der Waals surface area contributed by atoms with Crippen molar-refractivity contribution in [1.29, 1.82) is 0 Å². The fraction of sp³-hybridized carbons (Fsp3) is 0.357. The van der Waals surface area contributed by atoms with Gasteiger partial charge in [-0.2, -0.15) is 0 Å². The lowest BCUT2D eigenvalue weighted by Crippen LogP contribution is -2.42. The Morgan fingerprint density at radius 1 is 1.42 bits per heavy atom. The lowest BCUT2D eigenvalue weighted by Gasteiger charge is -2.24. The Bertz CT molecular complexity index is 577. The average molecular weight is 262 g/mol. The van der Waals surface area contributed by atoms with Gasteiger partial charge < -0.3 is 14.6 Å². The maximum atomic E-state index is 13.6. The van der Waals surface area contributed by atoms with E-state index in [-0.39, 0.29) is 19.1 Å². The van der Waals surface area contributed by atoms with Crippen LogP contribution in [-0.4, -0.2) is 48.3 Å². The Kier molecular flexibility index (Phi) is 2.98. The van der Waals surface area contributed by atoms with Crippen LogP contribution in [0, 0.1) is 0 Å². The van der Waals surface area contributed by atoms with Gasteiger partial charge in [-0.15, -0.1) is 0 Å². The molecule has 2 atom stereocenters. The normalized spacial score (nSPS) is 22.8. The first-order chi connectivity index (χ1) is 9.16. The van der Waals surface area contributed by atoms with E-state index < -0.39 is 12.2 Å². The van der Waals surface area contributed by atoms with Gasteiger partial charge in [0.1, 0.15) is 11.9 Å². The second-order valence-electron chi connectivity index (χ2n) is 4.81. The van der Waals surface area contributed by atoms with Crippen molar-refractivity contribution in [3.05, 3.63) is 36.0 Å². The number of H-pyrrole nitrogens is 1. The van der Waals surface area contributed by atoms with Gasteiger partial charge in [0.2, 0.25) is 0 Å². The molecule has 0 bridgehead atoms. The third-order valence-electron chi connectivity index (χ3n) is 3.56. The zero-order valence-electron chi connectivity index (χ0n) is 10.6. The second kappa shape index (κ2) is 4.66. The molecule has 2 heterocycles. The SMILES string of the molecule is CN(C(=O)c1cc2ccccc2[nH]1)C1COCC1F. The molecule has 0 radical (unpaired) electrons. The summed E-state index contributed by atoms with van der Waals surface area (Å²) in [5, 5.41) is 0.971. The number of nitrogens with one attached hydrogen (secondary N) is 1. The van der Waals surface area contributed by atoms with E-state index in [2.05, 4.69) is 4.98 Å². The Morgan fingerprint density at radius 3 is 2.89 bits per heavy atom. The number of benzene rings is 1. The van der Waals surface area contributed by atoms with Gasteiger partial charge in [0.25, 0.3) is 5.91 Å². The summed E-state index contributed by atoms with van der Waals surface area (Å²) in [6, 6.07) is 8.94. The number of rotatable bonds is 2. The van der Waals surface area contributed by atoms with Gasteiger partial charge in [-0.05, 0) is 12.1 Å². The molecule has 1 amide bonds. The highest BCUT2D eigenvalue weighted by atomic mass is 19.1. The molecule has 3 rings (SSSR count). The third kappa shape index (κ3) is 2.10. The highest BCUT2D eigenvalue weighted by Gasteiger charge is 2.34. The van der Waals surface area contributed by atoms with Gasteiger partial charge in [0, 0.05) is 18.0 Å². The van der Waals surface area contributed by atoms with E-state index in [4.69, 9.17) is 4.74 Å². The lowest BCUT2D eigenvalue weighted by atomic mass is 10.2. The molecular weight excluding hydrogens is 247 g/mol. The third-order valence-corrected chi connectivity index (χ3v) is 3.56. The van der Waals surface area contributed by atoms with Crippen molar-refractivity contribution in [1.82, 2.24) is 9.88 Å². The number of halogens is 1. The Labute approximate surface area is 110 Å². The van der Waals surface area contributed by atoms with Crippen molar-refractivity contribution in [3.63, 3.8) is 0 Å². The largest absolute Gasteiger partial charge is 0.376 e. The second-order valence-corrected chi connectivity index (χ2v) is 4.81. The van der Waals surface area contributed by atoms with Gasteiger partial charge >= 0.3 is 0 Å². The monoisotopic (exact) mass is 262 g/mol. The van der Waals surface area contributed by atoms with Crippen LogP contribution in [0.4, 0.5) is 4.39 Å². The number of alkyl halides is 1. The summed E-state index contributed by atoms with van der Waals surface area (Å²) in [6.45, 7) is 0.318. The van der Waals surface area contributed by atoms with E-state index >= 15 is 0 Å². The van der Waals surface area contributed by atoms with Gasteiger partial charge in [0.15, 0.2) is 0 Å². The van der Waals surface area contributed by atoms with Crippen LogP contribution in [0.25, 0.3) is 10.9 Å². The molecule has 0 saturated carbocycles. The number of ether oxygens (including phenoxy) is 1. The first-order valence-corrected chi connectivity index (χ1v) is 6.23. The number of aromatic nitrogens is 1. The smallest absolute Gasteiger partial charge is 0.270 e. The average Bonchev–Trinajstić information content (AvgIpc) is 3.02. The summed E-state index contributed by atoms with van der Waals surface area (Å²) < 4.78 is 18.6. The topological polar surface area (TPSA) is 45.3 Å². The number of carbonyl (C=O) groups excluding carboxylic acids is 1. The summed E-state index contributed by atoms with van der Waals surface area (Å²) in [5.41, 5.74) is 1.38. The summed E-state index contributed by atoms with van der Waals surface area (Å²) in [7, 11) is 1.61. The molecule has 1 fully saturated rings. The van der Waals surface area contributed by atoms with Gasteiger partial charge in [0.05, 0.1) is 19.3 Å². The highest BCUT2D eigenvalue weighted by molar-refractivity contribution is 5.98. The number of carbonyl (C=O) groups is 1. The van der Waals surface area contributed by atoms with Gasteiger partial charge in [-0.25, -0.2) is 4.39 Å². The summed E-state index contributed by atoms with van der Waals surface area (Å²) in [4.78, 5) is 16.8. The maximum absolute atomic E-state index is 13.6. The number of amides is 1. The van der Waals surface area contributed by atoms with Crippen LogP contribution >= 0.6 is 0 Å². The van der Waals surface area contributed by atoms with E-state index in [0.29, 0.717) is 5.69 Å². The van der Waals surface area contributed by atoms with Crippen LogP contribution in [0.15, 0.2) is 30.3 Å². The first-order valence-electron chi connectivity index (χ1n) is 6.23. The van der Waals surface area contributed by atoms with Gasteiger partial charge in [-0.3, -0.25) is 4.79 Å². The molecule has 1 aromatic carbocycles. The van der Waals surface area contributed by atoms with E-state index in [1.165, 1.54) is 4.90 Å². The fourth-order valence-electron chi connectivity index (χ4n) is 2.40. The molecule has 1 aromatic heterocycles. The van der Waals surface area contributed by atoms with Gasteiger partial charge in [-0.1, -0.05) is 18.2 Å². The molecule has 2 unspecified atom stereocenters. The molecule has 1 aliphatic heterocycles. The van der Waals surface area contributed by atoms with Crippen molar-refractivity contribution in [2.75, 3.05) is 20.3 Å². The molecule has 2 aromatic rings. The zero-order valence-corrected chi connectivity index (χ0v) is 10.6. The molecular formula is C14H15FN2O2. The van der Waals surface area contributed by atoms with Crippen LogP contribution < -0.4 is 0 Å². The molecule has 4 nitrogen and oxygen atoms in total. The Balaban J connectivity index is 1.86. The maximum Gasteiger partial charge on any atom is 0.270 e. The quantitative estimate of drug-likeness (QED) is 0.899. The molecule has 1 N–H and O–H groups in total. The van der Waals surface area contributed by atoms with Crippen molar-refractivity contribution in [3.8, 4) is 0 Å². The van der Waals surface area contributed by atoms with E-state index in [9.17, 15) is 9.18 Å². The van der Waals surface area contributed by atoms with E-state index in [1.807, 2.05) is 24.3 Å². The number of fused-ring (bicyclic) bond motifs is 1. The number of para-hydroxylation sites is 1. The van der Waals surface area contributed by atoms with Crippen LogP contribution in [0.1, 0.15) is 10.5 Å². The Morgan fingerprint density at radius 2 is 2.21 bits per heavy atom. The van der Waals surface area contributed by atoms with Crippen LogP contribution in [0.3, 0.4) is 0 Å². The fourth-order valence-corrected chi connectivity index (χ4v) is 2.40. The van der Waals surface area contributed by atoms with Crippen LogP contribution in [0.2, 0.25) is 0 Å². The molecule has 100 valence electrons. The summed E-state index contributed by atoms with van der Waals surface area (Å²) in [5.74, 6) is -0.214. The number of nitrogens with zero attached hydrogens (tertiary/aromatic N) is 1. The zero-order chi connectivity index (χ0) is 13.4. The summed E-state index contributed by atoms with van der Waals surface area (Å²) >= 11 is 0. The van der Waals surface area contributed by atoms with E-state index in [1.54, 1.807) is 13.1 Å². The lowest BCUT2D eigenvalue weighted by molar-refractivity contribution is 0.0667. The molecule has 0 spiro atoms. The van der Waals surface area contributed by atoms with Crippen LogP contribution in [-0.2, 0) is 4.74 Å². The van der Waals surface area contributed by atoms with Crippen molar-refractivity contribution >= 4 is 16.8 Å². The number of aromatic amines is 1. The standard InChI is InChI=1S/C14H15FN2O2/c1-17(13-8-19-7-10(13)15)14(18)12-6-9-4-2-3-5-11(9)16-12/h2-6,10,13,16H,7-8H2,1H3. The molecule has 5 heteroatoms. The first kappa shape index (κ1) is 12.2. The van der Waals surface area contributed by atoms with Crippen molar-refractivity contribution in [2.24, 2.45) is 0 Å². The highest BCUT2D eigenvalue weighted by Crippen LogP contribution is 2.20. The molecule has 0 aliphatic carbocycles. The predicted octanol–water partition coefficient (Wildman–Crippen LogP) is 1.98. The molecule has 19 heavy (non-hydrogen) atoms. The predicted molar refractivity (Wildman–Crippen MR) is 69.9 cm³/mol. The minimum Gasteiger partial charge on any atom is -0.376 e. The number of hydrogen-bond acceptors (Lipinski definition) is 2. The van der Waals surface area contributed by atoms with E-state index in [0.717, 1.165) is 10.9 Å². The van der Waals surface area contributed by atoms with Crippen LogP contribution in [0.5, 0.6) is 0 Å². The van der Waals surface area contributed by atoms with Crippen molar-refractivity contribution in [2.45, 2.75) is 12.2 Å². The molecule has 1 saturated heterocycles. The minimum atomic E-state index is -1.11. The number of hydrogen-bond donors (Lipinski definition) is 1. The Hall–Kier alpha value is -1.88. The molecule has 1 aliphatic rings.